The number of nitrogens with one attached hydrogen (secondary N) is 1. The SMILES string of the molecule is CCNC(=NCc1sc(C)nc1C)N1CCC(Cc2ccccc2)C1. The van der Waals surface area contributed by atoms with Crippen molar-refractivity contribution in [1.82, 2.24) is 15.2 Å². The van der Waals surface area contributed by atoms with E-state index in [9.17, 15) is 0 Å². The molecule has 0 amide bonds. The Labute approximate surface area is 155 Å². The number of benzene rings is 1. The maximum Gasteiger partial charge on any atom is 0.194 e. The highest BCUT2D eigenvalue weighted by molar-refractivity contribution is 7.11. The third-order valence-electron chi connectivity index (χ3n) is 4.66. The molecule has 0 aliphatic carbocycles. The van der Waals surface area contributed by atoms with E-state index in [-0.39, 0.29) is 0 Å². The molecule has 1 aliphatic heterocycles. The lowest BCUT2D eigenvalue weighted by molar-refractivity contribution is 0.460. The van der Waals surface area contributed by atoms with Crippen molar-refractivity contribution in [3.8, 4) is 0 Å². The summed E-state index contributed by atoms with van der Waals surface area (Å²) in [6.45, 7) is 10.1. The molecule has 0 radical (unpaired) electrons. The first-order valence-electron chi connectivity index (χ1n) is 9.15. The fraction of sp³-hybridized carbons (Fsp3) is 0.500. The van der Waals surface area contributed by atoms with Crippen molar-refractivity contribution in [1.29, 1.82) is 0 Å². The second-order valence-corrected chi connectivity index (χ2v) is 7.99. The number of likely N-dealkylation sites (tertiary alicyclic amines) is 1. The molecule has 3 rings (SSSR count). The van der Waals surface area contributed by atoms with Crippen molar-refractivity contribution in [3.05, 3.63) is 51.5 Å². The van der Waals surface area contributed by atoms with Gasteiger partial charge in [0.05, 0.1) is 17.2 Å². The summed E-state index contributed by atoms with van der Waals surface area (Å²) in [4.78, 5) is 13.1. The molecule has 4 nitrogen and oxygen atoms in total. The van der Waals surface area contributed by atoms with E-state index in [1.54, 1.807) is 11.3 Å². The van der Waals surface area contributed by atoms with Crippen LogP contribution in [-0.4, -0.2) is 35.5 Å². The van der Waals surface area contributed by atoms with E-state index in [0.717, 1.165) is 49.3 Å². The molecule has 1 saturated heterocycles. The minimum atomic E-state index is 0.707. The quantitative estimate of drug-likeness (QED) is 0.654. The average molecular weight is 357 g/mol. The summed E-state index contributed by atoms with van der Waals surface area (Å²) in [7, 11) is 0. The normalized spacial score (nSPS) is 18.0. The van der Waals surface area contributed by atoms with Gasteiger partial charge in [0.25, 0.3) is 0 Å². The Morgan fingerprint density at radius 1 is 1.32 bits per heavy atom. The summed E-state index contributed by atoms with van der Waals surface area (Å²) in [5.41, 5.74) is 2.55. The van der Waals surface area contributed by atoms with Gasteiger partial charge in [0.1, 0.15) is 0 Å². The number of hydrogen-bond donors (Lipinski definition) is 1. The lowest BCUT2D eigenvalue weighted by atomic mass is 9.99. The van der Waals surface area contributed by atoms with Crippen molar-refractivity contribution < 1.29 is 0 Å². The highest BCUT2D eigenvalue weighted by Crippen LogP contribution is 2.22. The van der Waals surface area contributed by atoms with Gasteiger partial charge in [0.2, 0.25) is 0 Å². The van der Waals surface area contributed by atoms with E-state index in [2.05, 4.69) is 66.3 Å². The van der Waals surface area contributed by atoms with E-state index in [4.69, 9.17) is 4.99 Å². The highest BCUT2D eigenvalue weighted by Gasteiger charge is 2.25. The van der Waals surface area contributed by atoms with Crippen LogP contribution in [0, 0.1) is 19.8 Å². The summed E-state index contributed by atoms with van der Waals surface area (Å²) in [5, 5.41) is 4.59. The summed E-state index contributed by atoms with van der Waals surface area (Å²) in [5.74, 6) is 1.75. The monoisotopic (exact) mass is 356 g/mol. The largest absolute Gasteiger partial charge is 0.357 e. The first-order chi connectivity index (χ1) is 12.2. The number of guanidine groups is 1. The zero-order valence-electron chi connectivity index (χ0n) is 15.5. The molecule has 2 aromatic rings. The van der Waals surface area contributed by atoms with Gasteiger partial charge >= 0.3 is 0 Å². The van der Waals surface area contributed by atoms with Gasteiger partial charge in [-0.25, -0.2) is 9.98 Å². The highest BCUT2D eigenvalue weighted by atomic mass is 32.1. The van der Waals surface area contributed by atoms with Crippen LogP contribution in [0.1, 0.15) is 34.5 Å². The van der Waals surface area contributed by atoms with Crippen molar-refractivity contribution in [2.24, 2.45) is 10.9 Å². The molecule has 1 fully saturated rings. The molecule has 1 atom stereocenters. The second-order valence-electron chi connectivity index (χ2n) is 6.70. The minimum absolute atomic E-state index is 0.707. The Morgan fingerprint density at radius 3 is 2.80 bits per heavy atom. The van der Waals surface area contributed by atoms with Crippen molar-refractivity contribution in [2.75, 3.05) is 19.6 Å². The summed E-state index contributed by atoms with van der Waals surface area (Å²) in [6.07, 6.45) is 2.39. The van der Waals surface area contributed by atoms with Gasteiger partial charge in [-0.05, 0) is 45.1 Å². The fourth-order valence-electron chi connectivity index (χ4n) is 3.43. The molecule has 1 aliphatic rings. The van der Waals surface area contributed by atoms with Gasteiger partial charge in [-0.3, -0.25) is 0 Å². The number of aryl methyl sites for hydroxylation is 2. The van der Waals surface area contributed by atoms with Crippen LogP contribution >= 0.6 is 11.3 Å². The lowest BCUT2D eigenvalue weighted by Crippen LogP contribution is -2.40. The maximum absolute atomic E-state index is 4.88. The van der Waals surface area contributed by atoms with Crippen molar-refractivity contribution in [2.45, 2.75) is 40.2 Å². The first kappa shape index (κ1) is 17.9. The van der Waals surface area contributed by atoms with E-state index in [1.165, 1.54) is 16.9 Å². The molecule has 1 N–H and O–H groups in total. The van der Waals surface area contributed by atoms with Gasteiger partial charge < -0.3 is 10.2 Å². The van der Waals surface area contributed by atoms with Crippen LogP contribution in [0.2, 0.25) is 0 Å². The smallest absolute Gasteiger partial charge is 0.194 e. The molecular formula is C20H28N4S. The number of aromatic nitrogens is 1. The molecule has 134 valence electrons. The molecular weight excluding hydrogens is 328 g/mol. The average Bonchev–Trinajstić information content (AvgIpc) is 3.18. The second kappa shape index (κ2) is 8.48. The fourth-order valence-corrected chi connectivity index (χ4v) is 4.29. The third-order valence-corrected chi connectivity index (χ3v) is 5.72. The molecule has 2 heterocycles. The number of rotatable bonds is 5. The Morgan fingerprint density at radius 2 is 2.12 bits per heavy atom. The van der Waals surface area contributed by atoms with E-state index >= 15 is 0 Å². The Hall–Kier alpha value is -1.88. The predicted octanol–water partition coefficient (Wildman–Crippen LogP) is 3.79. The minimum Gasteiger partial charge on any atom is -0.357 e. The summed E-state index contributed by atoms with van der Waals surface area (Å²) < 4.78 is 0. The lowest BCUT2D eigenvalue weighted by Gasteiger charge is -2.21. The van der Waals surface area contributed by atoms with E-state index < -0.39 is 0 Å². The number of aliphatic imine (C=N–C) groups is 1. The number of nitrogens with zero attached hydrogens (tertiary/aromatic N) is 3. The predicted molar refractivity (Wildman–Crippen MR) is 106 cm³/mol. The van der Waals surface area contributed by atoms with Gasteiger partial charge in [-0.1, -0.05) is 30.3 Å². The van der Waals surface area contributed by atoms with Gasteiger partial charge in [-0.15, -0.1) is 11.3 Å². The van der Waals surface area contributed by atoms with Gasteiger partial charge in [-0.2, -0.15) is 0 Å². The van der Waals surface area contributed by atoms with Crippen molar-refractivity contribution >= 4 is 17.3 Å². The summed E-state index contributed by atoms with van der Waals surface area (Å²) >= 11 is 1.75. The first-order valence-corrected chi connectivity index (χ1v) is 9.97. The Bertz CT molecular complexity index is 708. The Kier molecular flexibility index (Phi) is 6.08. The molecule has 0 spiro atoms. The topological polar surface area (TPSA) is 40.5 Å². The molecule has 25 heavy (non-hydrogen) atoms. The maximum atomic E-state index is 4.88. The molecule has 5 heteroatoms. The van der Waals surface area contributed by atoms with Crippen LogP contribution in [0.25, 0.3) is 0 Å². The van der Waals surface area contributed by atoms with Gasteiger partial charge in [0.15, 0.2) is 5.96 Å². The molecule has 1 unspecified atom stereocenters. The van der Waals surface area contributed by atoms with Crippen LogP contribution in [0.4, 0.5) is 0 Å². The van der Waals surface area contributed by atoms with Crippen LogP contribution in [0.3, 0.4) is 0 Å². The molecule has 0 bridgehead atoms. The van der Waals surface area contributed by atoms with Crippen LogP contribution in [0.15, 0.2) is 35.3 Å². The van der Waals surface area contributed by atoms with E-state index in [0.29, 0.717) is 5.92 Å². The zero-order chi connectivity index (χ0) is 17.6. The standard InChI is InChI=1S/C20H28N4S/c1-4-21-20(22-13-19-15(2)23-16(3)25-19)24-11-10-18(14-24)12-17-8-6-5-7-9-17/h5-9,18H,4,10-14H2,1-3H3,(H,21,22). The Balaban J connectivity index is 1.62. The van der Waals surface area contributed by atoms with Crippen LogP contribution < -0.4 is 5.32 Å². The number of thiazole rings is 1. The third kappa shape index (κ3) is 4.82. The van der Waals surface area contributed by atoms with Gasteiger partial charge in [0, 0.05) is 24.5 Å². The van der Waals surface area contributed by atoms with Crippen molar-refractivity contribution in [3.63, 3.8) is 0 Å². The number of hydrogen-bond acceptors (Lipinski definition) is 3. The summed E-state index contributed by atoms with van der Waals surface area (Å²) in [6, 6.07) is 10.8. The molecule has 1 aromatic heterocycles. The van der Waals surface area contributed by atoms with Crippen LogP contribution in [-0.2, 0) is 13.0 Å². The van der Waals surface area contributed by atoms with E-state index in [1.807, 2.05) is 0 Å². The molecule has 0 saturated carbocycles. The zero-order valence-corrected chi connectivity index (χ0v) is 16.3. The molecule has 1 aromatic carbocycles. The van der Waals surface area contributed by atoms with Crippen LogP contribution in [0.5, 0.6) is 0 Å².